The molecule has 0 aromatic carbocycles. The SMILES string of the molecule is Cc1ccc(C(N)CCC2CCCC2)c(C)n1. The molecule has 2 N–H and O–H groups in total. The third-order valence-corrected chi connectivity index (χ3v) is 4.03. The van der Waals surface area contributed by atoms with E-state index in [9.17, 15) is 0 Å². The maximum Gasteiger partial charge on any atom is 0.0423 e. The van der Waals surface area contributed by atoms with Gasteiger partial charge in [0, 0.05) is 17.4 Å². The van der Waals surface area contributed by atoms with E-state index >= 15 is 0 Å². The summed E-state index contributed by atoms with van der Waals surface area (Å²) in [5.41, 5.74) is 9.69. The molecule has 94 valence electrons. The first-order chi connectivity index (χ1) is 8.16. The van der Waals surface area contributed by atoms with Crippen LogP contribution in [-0.4, -0.2) is 4.98 Å². The molecule has 1 fully saturated rings. The summed E-state index contributed by atoms with van der Waals surface area (Å²) >= 11 is 0. The van der Waals surface area contributed by atoms with Crippen molar-refractivity contribution in [1.29, 1.82) is 0 Å². The molecule has 0 bridgehead atoms. The molecule has 1 saturated carbocycles. The topological polar surface area (TPSA) is 38.9 Å². The van der Waals surface area contributed by atoms with E-state index in [1.54, 1.807) is 0 Å². The van der Waals surface area contributed by atoms with Crippen molar-refractivity contribution in [1.82, 2.24) is 4.98 Å². The Labute approximate surface area is 105 Å². The van der Waals surface area contributed by atoms with Gasteiger partial charge in [0.15, 0.2) is 0 Å². The van der Waals surface area contributed by atoms with Gasteiger partial charge in [-0.2, -0.15) is 0 Å². The Morgan fingerprint density at radius 2 is 2.00 bits per heavy atom. The molecule has 2 nitrogen and oxygen atoms in total. The van der Waals surface area contributed by atoms with E-state index in [0.29, 0.717) is 0 Å². The van der Waals surface area contributed by atoms with Crippen LogP contribution in [0.1, 0.15) is 61.5 Å². The quantitative estimate of drug-likeness (QED) is 0.860. The average molecular weight is 232 g/mol. The molecule has 1 aromatic heterocycles. The zero-order valence-corrected chi connectivity index (χ0v) is 11.1. The summed E-state index contributed by atoms with van der Waals surface area (Å²) in [6.45, 7) is 4.10. The Balaban J connectivity index is 1.91. The lowest BCUT2D eigenvalue weighted by Crippen LogP contribution is -2.14. The summed E-state index contributed by atoms with van der Waals surface area (Å²) in [5.74, 6) is 0.930. The fraction of sp³-hybridized carbons (Fsp3) is 0.667. The van der Waals surface area contributed by atoms with Crippen molar-refractivity contribution in [2.24, 2.45) is 11.7 Å². The van der Waals surface area contributed by atoms with Gasteiger partial charge in [-0.15, -0.1) is 0 Å². The number of nitrogens with zero attached hydrogens (tertiary/aromatic N) is 1. The fourth-order valence-electron chi connectivity index (χ4n) is 2.96. The molecule has 1 aliphatic carbocycles. The van der Waals surface area contributed by atoms with E-state index in [4.69, 9.17) is 5.73 Å². The van der Waals surface area contributed by atoms with Crippen molar-refractivity contribution in [2.45, 2.75) is 58.4 Å². The number of aryl methyl sites for hydroxylation is 2. The highest BCUT2D eigenvalue weighted by Crippen LogP contribution is 2.31. The van der Waals surface area contributed by atoms with Gasteiger partial charge < -0.3 is 5.73 Å². The second kappa shape index (κ2) is 5.63. The van der Waals surface area contributed by atoms with Crippen LogP contribution in [0.5, 0.6) is 0 Å². The molecule has 0 aliphatic heterocycles. The van der Waals surface area contributed by atoms with Crippen molar-refractivity contribution in [2.75, 3.05) is 0 Å². The molecule has 0 spiro atoms. The number of hydrogen-bond acceptors (Lipinski definition) is 2. The highest BCUT2D eigenvalue weighted by molar-refractivity contribution is 5.24. The Morgan fingerprint density at radius 3 is 2.65 bits per heavy atom. The maximum absolute atomic E-state index is 6.28. The van der Waals surface area contributed by atoms with Crippen molar-refractivity contribution in [3.8, 4) is 0 Å². The lowest BCUT2D eigenvalue weighted by Gasteiger charge is -2.16. The lowest BCUT2D eigenvalue weighted by atomic mass is 9.94. The first-order valence-corrected chi connectivity index (χ1v) is 6.86. The van der Waals surface area contributed by atoms with Crippen molar-refractivity contribution < 1.29 is 0 Å². The summed E-state index contributed by atoms with van der Waals surface area (Å²) in [7, 11) is 0. The van der Waals surface area contributed by atoms with Crippen molar-refractivity contribution in [3.05, 3.63) is 29.1 Å². The van der Waals surface area contributed by atoms with E-state index in [1.165, 1.54) is 37.7 Å². The predicted octanol–water partition coefficient (Wildman–Crippen LogP) is 3.67. The molecular formula is C15H24N2. The van der Waals surface area contributed by atoms with Crippen molar-refractivity contribution in [3.63, 3.8) is 0 Å². The van der Waals surface area contributed by atoms with Crippen LogP contribution >= 0.6 is 0 Å². The van der Waals surface area contributed by atoms with Crippen LogP contribution < -0.4 is 5.73 Å². The number of aromatic nitrogens is 1. The number of nitrogens with two attached hydrogens (primary N) is 1. The van der Waals surface area contributed by atoms with Gasteiger partial charge >= 0.3 is 0 Å². The van der Waals surface area contributed by atoms with E-state index in [1.807, 2.05) is 6.92 Å². The summed E-state index contributed by atoms with van der Waals surface area (Å²) in [6, 6.07) is 4.39. The van der Waals surface area contributed by atoms with Crippen LogP contribution in [0.25, 0.3) is 0 Å². The molecule has 2 rings (SSSR count). The van der Waals surface area contributed by atoms with Crippen LogP contribution in [0.15, 0.2) is 12.1 Å². The van der Waals surface area contributed by atoms with Gasteiger partial charge in [0.25, 0.3) is 0 Å². The van der Waals surface area contributed by atoms with Crippen molar-refractivity contribution >= 4 is 0 Å². The largest absolute Gasteiger partial charge is 0.324 e. The molecule has 1 heterocycles. The Bertz CT molecular complexity index is 367. The van der Waals surface area contributed by atoms with Crippen LogP contribution in [0.2, 0.25) is 0 Å². The third kappa shape index (κ3) is 3.29. The molecule has 1 atom stereocenters. The Morgan fingerprint density at radius 1 is 1.29 bits per heavy atom. The fourth-order valence-corrected chi connectivity index (χ4v) is 2.96. The Hall–Kier alpha value is -0.890. The molecule has 1 aromatic rings. The lowest BCUT2D eigenvalue weighted by molar-refractivity contribution is 0.453. The van der Waals surface area contributed by atoms with Crippen LogP contribution in [0.4, 0.5) is 0 Å². The van der Waals surface area contributed by atoms with Gasteiger partial charge in [-0.3, -0.25) is 4.98 Å². The molecular weight excluding hydrogens is 208 g/mol. The van der Waals surface area contributed by atoms with Gasteiger partial charge in [-0.05, 0) is 44.2 Å². The van der Waals surface area contributed by atoms with Crippen LogP contribution in [0, 0.1) is 19.8 Å². The second-order valence-electron chi connectivity index (χ2n) is 5.46. The van der Waals surface area contributed by atoms with Gasteiger partial charge in [-0.1, -0.05) is 31.7 Å². The normalized spacial score (nSPS) is 18.5. The molecule has 0 saturated heterocycles. The van der Waals surface area contributed by atoms with E-state index in [-0.39, 0.29) is 6.04 Å². The molecule has 1 unspecified atom stereocenters. The van der Waals surface area contributed by atoms with E-state index in [0.717, 1.165) is 23.7 Å². The van der Waals surface area contributed by atoms with Gasteiger partial charge in [0.1, 0.15) is 0 Å². The highest BCUT2D eigenvalue weighted by atomic mass is 14.7. The zero-order valence-electron chi connectivity index (χ0n) is 11.1. The molecule has 0 radical (unpaired) electrons. The minimum absolute atomic E-state index is 0.170. The maximum atomic E-state index is 6.28. The smallest absolute Gasteiger partial charge is 0.0423 e. The van der Waals surface area contributed by atoms with Gasteiger partial charge in [0.05, 0.1) is 0 Å². The van der Waals surface area contributed by atoms with E-state index in [2.05, 4.69) is 24.0 Å². The molecule has 0 amide bonds. The molecule has 17 heavy (non-hydrogen) atoms. The third-order valence-electron chi connectivity index (χ3n) is 4.03. The zero-order chi connectivity index (χ0) is 12.3. The minimum atomic E-state index is 0.170. The summed E-state index contributed by atoms with van der Waals surface area (Å²) in [5, 5.41) is 0. The van der Waals surface area contributed by atoms with Gasteiger partial charge in [0.2, 0.25) is 0 Å². The number of pyridine rings is 1. The first kappa shape index (κ1) is 12.6. The van der Waals surface area contributed by atoms with Crippen LogP contribution in [-0.2, 0) is 0 Å². The minimum Gasteiger partial charge on any atom is -0.324 e. The summed E-state index contributed by atoms with van der Waals surface area (Å²) < 4.78 is 0. The van der Waals surface area contributed by atoms with Gasteiger partial charge in [-0.25, -0.2) is 0 Å². The standard InChI is InChI=1S/C15H24N2/c1-11-7-9-14(12(2)17-11)15(16)10-8-13-5-3-4-6-13/h7,9,13,15H,3-6,8,10,16H2,1-2H3. The Kier molecular flexibility index (Phi) is 4.16. The first-order valence-electron chi connectivity index (χ1n) is 6.86. The highest BCUT2D eigenvalue weighted by Gasteiger charge is 2.17. The predicted molar refractivity (Wildman–Crippen MR) is 71.8 cm³/mol. The molecule has 2 heteroatoms. The van der Waals surface area contributed by atoms with E-state index < -0.39 is 0 Å². The average Bonchev–Trinajstić information content (AvgIpc) is 2.78. The van der Waals surface area contributed by atoms with Crippen LogP contribution in [0.3, 0.4) is 0 Å². The molecule has 1 aliphatic rings. The summed E-state index contributed by atoms with van der Waals surface area (Å²) in [6.07, 6.45) is 8.07. The second-order valence-corrected chi connectivity index (χ2v) is 5.46. The number of rotatable bonds is 4. The summed E-state index contributed by atoms with van der Waals surface area (Å²) in [4.78, 5) is 4.49. The number of hydrogen-bond donors (Lipinski definition) is 1. The monoisotopic (exact) mass is 232 g/mol.